The van der Waals surface area contributed by atoms with Gasteiger partial charge in [0.2, 0.25) is 0 Å². The number of oxazole rings is 1. The lowest BCUT2D eigenvalue weighted by Crippen LogP contribution is -2.48. The molecule has 0 radical (unpaired) electrons. The van der Waals surface area contributed by atoms with Gasteiger partial charge in [-0.1, -0.05) is 0 Å². The Bertz CT molecular complexity index is 1070. The van der Waals surface area contributed by atoms with Crippen LogP contribution >= 0.6 is 0 Å². The summed E-state index contributed by atoms with van der Waals surface area (Å²) in [7, 11) is 0. The van der Waals surface area contributed by atoms with E-state index in [1.54, 1.807) is 17.2 Å². The number of hydrogen-bond acceptors (Lipinski definition) is 6. The molecule has 1 saturated carbocycles. The number of fused-ring (bicyclic) bond motifs is 1. The van der Waals surface area contributed by atoms with Gasteiger partial charge in [0.1, 0.15) is 23.9 Å². The smallest absolute Gasteiger partial charge is 0.275 e. The number of likely N-dealkylation sites (tertiary alicyclic amines) is 1. The van der Waals surface area contributed by atoms with E-state index in [4.69, 9.17) is 4.42 Å². The summed E-state index contributed by atoms with van der Waals surface area (Å²) in [4.78, 5) is 42.8. The van der Waals surface area contributed by atoms with Gasteiger partial charge in [0, 0.05) is 25.2 Å². The van der Waals surface area contributed by atoms with E-state index < -0.39 is 5.54 Å². The number of carbonyl (C=O) groups excluding carboxylic acids is 2. The average Bonchev–Trinajstić information content (AvgIpc) is 3.10. The fraction of sp³-hybridized carbons (Fsp3) is 0.421. The van der Waals surface area contributed by atoms with Crippen molar-refractivity contribution < 1.29 is 14.0 Å². The molecule has 144 valence electrons. The Morgan fingerprint density at radius 2 is 2.21 bits per heavy atom. The highest BCUT2D eigenvalue weighted by molar-refractivity contribution is 6.04. The standard InChI is InChI=1S/C19H20N6O3/c1-19(24-16(26)14-12-4-6-20-15(12)22-10-21-14)5-7-25(9-19)18(27)13-8-28-17(23-13)11-2-3-11/h4,6,8,10-11H,2-3,5,7,9H2,1H3,(H,24,26)(H,20,21,22). The highest BCUT2D eigenvalue weighted by Crippen LogP contribution is 2.39. The van der Waals surface area contributed by atoms with Crippen LogP contribution in [0.2, 0.25) is 0 Å². The summed E-state index contributed by atoms with van der Waals surface area (Å²) in [5.74, 6) is 0.575. The third-order valence-electron chi connectivity index (χ3n) is 5.41. The molecule has 0 spiro atoms. The second-order valence-corrected chi connectivity index (χ2v) is 7.80. The number of hydrogen-bond donors (Lipinski definition) is 2. The molecule has 0 bridgehead atoms. The van der Waals surface area contributed by atoms with Crippen LogP contribution in [-0.4, -0.2) is 55.3 Å². The van der Waals surface area contributed by atoms with Crippen molar-refractivity contribution in [2.45, 2.75) is 37.6 Å². The van der Waals surface area contributed by atoms with Gasteiger partial charge in [-0.15, -0.1) is 0 Å². The first-order chi connectivity index (χ1) is 13.5. The SMILES string of the molecule is CC1(NC(=O)c2ncnc3[nH]ccc23)CCN(C(=O)c2coc(C3CC3)n2)C1. The molecule has 1 aliphatic carbocycles. The zero-order valence-corrected chi connectivity index (χ0v) is 15.4. The van der Waals surface area contributed by atoms with Gasteiger partial charge in [-0.25, -0.2) is 15.0 Å². The number of H-pyrrole nitrogens is 1. The zero-order chi connectivity index (χ0) is 19.3. The van der Waals surface area contributed by atoms with Crippen molar-refractivity contribution in [1.82, 2.24) is 30.2 Å². The minimum atomic E-state index is -0.538. The molecule has 28 heavy (non-hydrogen) atoms. The Morgan fingerprint density at radius 3 is 3.04 bits per heavy atom. The first-order valence-corrected chi connectivity index (χ1v) is 9.38. The Kier molecular flexibility index (Phi) is 3.71. The Morgan fingerprint density at radius 1 is 1.36 bits per heavy atom. The largest absolute Gasteiger partial charge is 0.448 e. The second kappa shape index (κ2) is 6.15. The van der Waals surface area contributed by atoms with Crippen molar-refractivity contribution in [2.75, 3.05) is 13.1 Å². The molecule has 3 aromatic heterocycles. The number of rotatable bonds is 4. The van der Waals surface area contributed by atoms with Crippen molar-refractivity contribution in [3.8, 4) is 0 Å². The van der Waals surface area contributed by atoms with Gasteiger partial charge in [0.15, 0.2) is 11.6 Å². The van der Waals surface area contributed by atoms with Crippen LogP contribution < -0.4 is 5.32 Å². The highest BCUT2D eigenvalue weighted by atomic mass is 16.3. The van der Waals surface area contributed by atoms with Crippen molar-refractivity contribution in [2.24, 2.45) is 0 Å². The predicted octanol–water partition coefficient (Wildman–Crippen LogP) is 1.86. The maximum atomic E-state index is 12.8. The lowest BCUT2D eigenvalue weighted by molar-refractivity contribution is 0.0763. The molecule has 1 aliphatic heterocycles. The lowest BCUT2D eigenvalue weighted by Gasteiger charge is -2.25. The van der Waals surface area contributed by atoms with Gasteiger partial charge in [-0.05, 0) is 32.3 Å². The first-order valence-electron chi connectivity index (χ1n) is 9.38. The quantitative estimate of drug-likeness (QED) is 0.713. The first kappa shape index (κ1) is 16.9. The van der Waals surface area contributed by atoms with E-state index in [-0.39, 0.29) is 11.8 Å². The number of nitrogens with one attached hydrogen (secondary N) is 2. The van der Waals surface area contributed by atoms with E-state index in [2.05, 4.69) is 25.3 Å². The van der Waals surface area contributed by atoms with Crippen molar-refractivity contribution >= 4 is 22.8 Å². The van der Waals surface area contributed by atoms with E-state index in [0.29, 0.717) is 53.7 Å². The molecular weight excluding hydrogens is 360 g/mol. The molecule has 9 nitrogen and oxygen atoms in total. The van der Waals surface area contributed by atoms with Crippen LogP contribution in [0.15, 0.2) is 29.3 Å². The number of carbonyl (C=O) groups is 2. The molecule has 1 atom stereocenters. The predicted molar refractivity (Wildman–Crippen MR) is 98.8 cm³/mol. The average molecular weight is 380 g/mol. The Hall–Kier alpha value is -3.23. The van der Waals surface area contributed by atoms with Gasteiger partial charge >= 0.3 is 0 Å². The maximum Gasteiger partial charge on any atom is 0.275 e. The van der Waals surface area contributed by atoms with E-state index in [1.807, 2.05) is 6.92 Å². The molecule has 1 saturated heterocycles. The molecule has 3 aromatic rings. The molecule has 1 unspecified atom stereocenters. The number of aromatic nitrogens is 4. The van der Waals surface area contributed by atoms with Gasteiger partial charge < -0.3 is 19.6 Å². The normalized spacial score (nSPS) is 22.0. The van der Waals surface area contributed by atoms with Crippen LogP contribution in [0.1, 0.15) is 59.0 Å². The molecule has 9 heteroatoms. The number of amides is 2. The van der Waals surface area contributed by atoms with E-state index in [0.717, 1.165) is 12.8 Å². The minimum absolute atomic E-state index is 0.163. The van der Waals surface area contributed by atoms with Crippen LogP contribution in [0.25, 0.3) is 11.0 Å². The van der Waals surface area contributed by atoms with E-state index >= 15 is 0 Å². The fourth-order valence-corrected chi connectivity index (χ4v) is 3.69. The minimum Gasteiger partial charge on any atom is -0.448 e. The summed E-state index contributed by atoms with van der Waals surface area (Å²) in [6, 6.07) is 1.78. The highest BCUT2D eigenvalue weighted by Gasteiger charge is 2.39. The topological polar surface area (TPSA) is 117 Å². The Balaban J connectivity index is 1.29. The summed E-state index contributed by atoms with van der Waals surface area (Å²) < 4.78 is 5.43. The van der Waals surface area contributed by atoms with Crippen LogP contribution in [0.3, 0.4) is 0 Å². The zero-order valence-electron chi connectivity index (χ0n) is 15.4. The fourth-order valence-electron chi connectivity index (χ4n) is 3.69. The molecule has 0 aromatic carbocycles. The second-order valence-electron chi connectivity index (χ2n) is 7.80. The van der Waals surface area contributed by atoms with Gasteiger partial charge in [0.25, 0.3) is 11.8 Å². The molecule has 5 rings (SSSR count). The van der Waals surface area contributed by atoms with Gasteiger partial charge in [-0.2, -0.15) is 0 Å². The number of nitrogens with zero attached hydrogens (tertiary/aromatic N) is 4. The van der Waals surface area contributed by atoms with Crippen LogP contribution in [0, 0.1) is 0 Å². The van der Waals surface area contributed by atoms with Gasteiger partial charge in [-0.3, -0.25) is 9.59 Å². The van der Waals surface area contributed by atoms with Crippen molar-refractivity contribution in [3.05, 3.63) is 42.1 Å². The Labute approximate surface area is 160 Å². The monoisotopic (exact) mass is 380 g/mol. The van der Waals surface area contributed by atoms with Crippen LogP contribution in [0.4, 0.5) is 0 Å². The van der Waals surface area contributed by atoms with Crippen molar-refractivity contribution in [1.29, 1.82) is 0 Å². The molecule has 2 N–H and O–H groups in total. The summed E-state index contributed by atoms with van der Waals surface area (Å²) in [5.41, 5.74) is 0.736. The summed E-state index contributed by atoms with van der Waals surface area (Å²) >= 11 is 0. The third-order valence-corrected chi connectivity index (χ3v) is 5.41. The summed E-state index contributed by atoms with van der Waals surface area (Å²) in [5, 5.41) is 3.71. The van der Waals surface area contributed by atoms with E-state index in [9.17, 15) is 9.59 Å². The molecule has 2 aliphatic rings. The molecule has 2 fully saturated rings. The number of aromatic amines is 1. The third kappa shape index (κ3) is 2.92. The van der Waals surface area contributed by atoms with Gasteiger partial charge in [0.05, 0.1) is 10.9 Å². The molecule has 4 heterocycles. The molecular formula is C19H20N6O3. The van der Waals surface area contributed by atoms with E-state index in [1.165, 1.54) is 12.6 Å². The van der Waals surface area contributed by atoms with Crippen LogP contribution in [-0.2, 0) is 0 Å². The van der Waals surface area contributed by atoms with Crippen LogP contribution in [0.5, 0.6) is 0 Å². The summed E-state index contributed by atoms with van der Waals surface area (Å²) in [6.45, 7) is 2.89. The summed E-state index contributed by atoms with van der Waals surface area (Å²) in [6.07, 6.45) is 7.32. The molecule has 2 amide bonds. The van der Waals surface area contributed by atoms with Crippen molar-refractivity contribution in [3.63, 3.8) is 0 Å². The lowest BCUT2D eigenvalue weighted by atomic mass is 10.0. The maximum absolute atomic E-state index is 12.8.